The number of methoxy groups -OCH3 is 1. The van der Waals surface area contributed by atoms with Gasteiger partial charge in [-0.15, -0.1) is 0 Å². The standard InChI is InChI=1S/C15H17N3O3S2/c1-20-13-7-16-15(23-13)21-12-5-4-11(22-12)14(19)18-10-6-8-2-3-9(10)17-8/h4-5,7-10,17H,2-3,6H2,1H3,(H,18,19). The molecule has 4 rings (SSSR count). The van der Waals surface area contributed by atoms with Crippen molar-refractivity contribution in [1.29, 1.82) is 0 Å². The Kier molecular flexibility index (Phi) is 3.96. The highest BCUT2D eigenvalue weighted by atomic mass is 32.1. The average Bonchev–Trinajstić information content (AvgIpc) is 3.32. The fourth-order valence-electron chi connectivity index (χ4n) is 3.19. The van der Waals surface area contributed by atoms with Gasteiger partial charge in [-0.25, -0.2) is 4.98 Å². The molecule has 3 atom stereocenters. The smallest absolute Gasteiger partial charge is 0.282 e. The minimum Gasteiger partial charge on any atom is -0.486 e. The van der Waals surface area contributed by atoms with Crippen molar-refractivity contribution in [2.75, 3.05) is 7.11 Å². The zero-order chi connectivity index (χ0) is 15.8. The minimum atomic E-state index is -0.0269. The first-order valence-corrected chi connectivity index (χ1v) is 9.19. The molecule has 2 saturated heterocycles. The average molecular weight is 351 g/mol. The summed E-state index contributed by atoms with van der Waals surface area (Å²) in [6, 6.07) is 4.85. The number of fused-ring (bicyclic) bond motifs is 2. The van der Waals surface area contributed by atoms with Crippen molar-refractivity contribution in [3.8, 4) is 15.3 Å². The van der Waals surface area contributed by atoms with Crippen LogP contribution >= 0.6 is 22.7 Å². The fraction of sp³-hybridized carbons (Fsp3) is 0.467. The number of amides is 1. The van der Waals surface area contributed by atoms with Crippen LogP contribution in [0.25, 0.3) is 0 Å². The molecule has 2 aliphatic heterocycles. The number of hydrogen-bond donors (Lipinski definition) is 2. The molecule has 122 valence electrons. The van der Waals surface area contributed by atoms with Crippen molar-refractivity contribution < 1.29 is 14.3 Å². The van der Waals surface area contributed by atoms with Crippen LogP contribution in [-0.2, 0) is 0 Å². The molecule has 1 amide bonds. The van der Waals surface area contributed by atoms with E-state index in [1.807, 2.05) is 0 Å². The molecular weight excluding hydrogens is 334 g/mol. The molecule has 2 aliphatic rings. The van der Waals surface area contributed by atoms with Crippen LogP contribution in [0.1, 0.15) is 28.9 Å². The van der Waals surface area contributed by atoms with Gasteiger partial charge >= 0.3 is 0 Å². The number of carbonyl (C=O) groups excluding carboxylic acids is 1. The van der Waals surface area contributed by atoms with Crippen LogP contribution in [-0.4, -0.2) is 36.1 Å². The molecule has 0 radical (unpaired) electrons. The molecule has 0 aliphatic carbocycles. The highest BCUT2D eigenvalue weighted by Crippen LogP contribution is 2.35. The van der Waals surface area contributed by atoms with E-state index in [9.17, 15) is 4.79 Å². The Morgan fingerprint density at radius 2 is 2.26 bits per heavy atom. The maximum atomic E-state index is 12.4. The van der Waals surface area contributed by atoms with E-state index in [1.165, 1.54) is 29.1 Å². The second-order valence-electron chi connectivity index (χ2n) is 5.73. The lowest BCUT2D eigenvalue weighted by atomic mass is 9.95. The lowest BCUT2D eigenvalue weighted by Gasteiger charge is -2.20. The molecule has 2 aromatic heterocycles. The monoisotopic (exact) mass is 351 g/mol. The predicted octanol–water partition coefficient (Wildman–Crippen LogP) is 2.63. The van der Waals surface area contributed by atoms with Crippen LogP contribution in [0.15, 0.2) is 18.3 Å². The molecule has 3 unspecified atom stereocenters. The lowest BCUT2D eigenvalue weighted by molar-refractivity contribution is 0.0935. The number of hydrogen-bond acceptors (Lipinski definition) is 7. The van der Waals surface area contributed by atoms with E-state index < -0.39 is 0 Å². The van der Waals surface area contributed by atoms with Gasteiger partial charge in [0, 0.05) is 18.1 Å². The maximum Gasteiger partial charge on any atom is 0.282 e. The van der Waals surface area contributed by atoms with Crippen molar-refractivity contribution in [3.63, 3.8) is 0 Å². The highest BCUT2D eigenvalue weighted by molar-refractivity contribution is 7.16. The number of ether oxygens (including phenoxy) is 2. The summed E-state index contributed by atoms with van der Waals surface area (Å²) in [4.78, 5) is 17.1. The third-order valence-corrected chi connectivity index (χ3v) is 6.07. The van der Waals surface area contributed by atoms with Gasteiger partial charge in [0.25, 0.3) is 11.1 Å². The summed E-state index contributed by atoms with van der Waals surface area (Å²) in [7, 11) is 1.59. The van der Waals surface area contributed by atoms with E-state index in [0.717, 1.165) is 12.8 Å². The summed E-state index contributed by atoms with van der Waals surface area (Å²) < 4.78 is 10.7. The van der Waals surface area contributed by atoms with Crippen LogP contribution in [0.4, 0.5) is 0 Å². The molecular formula is C15H17N3O3S2. The van der Waals surface area contributed by atoms with Crippen LogP contribution in [0, 0.1) is 0 Å². The number of rotatable bonds is 5. The Morgan fingerprint density at radius 1 is 1.35 bits per heavy atom. The summed E-state index contributed by atoms with van der Waals surface area (Å²) in [5.41, 5.74) is 0. The number of nitrogens with one attached hydrogen (secondary N) is 2. The Bertz CT molecular complexity index is 714. The van der Waals surface area contributed by atoms with Crippen LogP contribution in [0.5, 0.6) is 15.3 Å². The minimum absolute atomic E-state index is 0.0269. The fourth-order valence-corrected chi connectivity index (χ4v) is 4.60. The first kappa shape index (κ1) is 14.9. The van der Waals surface area contributed by atoms with Crippen LogP contribution in [0.3, 0.4) is 0 Å². The summed E-state index contributed by atoms with van der Waals surface area (Å²) in [5.74, 6) is -0.0269. The van der Waals surface area contributed by atoms with Gasteiger partial charge < -0.3 is 20.1 Å². The number of nitrogens with zero attached hydrogens (tertiary/aromatic N) is 1. The molecule has 0 aromatic carbocycles. The normalized spacial score (nSPS) is 25.5. The SMILES string of the molecule is COc1cnc(Oc2ccc(C(=O)NC3CC4CCC3N4)s2)s1. The summed E-state index contributed by atoms with van der Waals surface area (Å²) in [6.45, 7) is 0. The van der Waals surface area contributed by atoms with E-state index >= 15 is 0 Å². The highest BCUT2D eigenvalue weighted by Gasteiger charge is 2.39. The van der Waals surface area contributed by atoms with Crippen LogP contribution in [0.2, 0.25) is 0 Å². The zero-order valence-corrected chi connectivity index (χ0v) is 14.2. The second-order valence-corrected chi connectivity index (χ2v) is 7.74. The predicted molar refractivity (Wildman–Crippen MR) is 88.9 cm³/mol. The van der Waals surface area contributed by atoms with Crippen molar-refractivity contribution in [1.82, 2.24) is 15.6 Å². The Balaban J connectivity index is 1.38. The van der Waals surface area contributed by atoms with Gasteiger partial charge in [-0.2, -0.15) is 0 Å². The Hall–Kier alpha value is -1.64. The lowest BCUT2D eigenvalue weighted by Crippen LogP contribution is -2.42. The molecule has 2 aromatic rings. The Morgan fingerprint density at radius 3 is 2.96 bits per heavy atom. The second kappa shape index (κ2) is 6.10. The molecule has 0 spiro atoms. The number of thiazole rings is 1. The molecule has 4 heterocycles. The quantitative estimate of drug-likeness (QED) is 0.866. The van der Waals surface area contributed by atoms with E-state index in [4.69, 9.17) is 9.47 Å². The third kappa shape index (κ3) is 3.06. The van der Waals surface area contributed by atoms with E-state index in [2.05, 4.69) is 15.6 Å². The summed E-state index contributed by atoms with van der Waals surface area (Å²) >= 11 is 2.65. The maximum absolute atomic E-state index is 12.4. The van der Waals surface area contributed by atoms with Gasteiger partial charge in [-0.1, -0.05) is 11.3 Å². The first-order valence-electron chi connectivity index (χ1n) is 7.55. The van der Waals surface area contributed by atoms with Crippen molar-refractivity contribution in [2.24, 2.45) is 0 Å². The number of aromatic nitrogens is 1. The topological polar surface area (TPSA) is 72.5 Å². The molecule has 6 nitrogen and oxygen atoms in total. The van der Waals surface area contributed by atoms with Gasteiger partial charge in [0.15, 0.2) is 10.1 Å². The first-order chi connectivity index (χ1) is 11.2. The molecule has 8 heteroatoms. The van der Waals surface area contributed by atoms with Gasteiger partial charge in [0.1, 0.15) is 0 Å². The molecule has 2 N–H and O–H groups in total. The Labute approximate surface area is 141 Å². The van der Waals surface area contributed by atoms with Crippen molar-refractivity contribution in [2.45, 2.75) is 37.4 Å². The molecule has 2 bridgehead atoms. The number of carbonyl (C=O) groups is 1. The van der Waals surface area contributed by atoms with Crippen molar-refractivity contribution >= 4 is 28.6 Å². The number of thiophene rings is 1. The molecule has 0 saturated carbocycles. The van der Waals surface area contributed by atoms with E-state index in [0.29, 0.717) is 32.3 Å². The van der Waals surface area contributed by atoms with Gasteiger partial charge in [0.2, 0.25) is 0 Å². The van der Waals surface area contributed by atoms with Gasteiger partial charge in [-0.05, 0) is 42.7 Å². The largest absolute Gasteiger partial charge is 0.486 e. The summed E-state index contributed by atoms with van der Waals surface area (Å²) in [6.07, 6.45) is 5.03. The molecule has 2 fully saturated rings. The van der Waals surface area contributed by atoms with Gasteiger partial charge in [0.05, 0.1) is 18.2 Å². The molecule has 23 heavy (non-hydrogen) atoms. The third-order valence-electron chi connectivity index (χ3n) is 4.27. The van der Waals surface area contributed by atoms with Crippen LogP contribution < -0.4 is 20.1 Å². The van der Waals surface area contributed by atoms with Crippen molar-refractivity contribution in [3.05, 3.63) is 23.2 Å². The van der Waals surface area contributed by atoms with Gasteiger partial charge in [-0.3, -0.25) is 4.79 Å². The van der Waals surface area contributed by atoms with E-state index in [-0.39, 0.29) is 11.9 Å². The van der Waals surface area contributed by atoms with E-state index in [1.54, 1.807) is 25.4 Å². The summed E-state index contributed by atoms with van der Waals surface area (Å²) in [5, 5.41) is 8.51. The zero-order valence-electron chi connectivity index (χ0n) is 12.6.